The van der Waals surface area contributed by atoms with Gasteiger partial charge in [-0.15, -0.1) is 0 Å². The number of hydrogen-bond acceptors (Lipinski definition) is 23. The molecule has 2 bridgehead atoms. The number of piperidine rings is 1. The van der Waals surface area contributed by atoms with Gasteiger partial charge in [-0.25, -0.2) is 0 Å². The van der Waals surface area contributed by atoms with Gasteiger partial charge < -0.3 is 111 Å². The normalized spacial score (nSPS) is 32.5. The van der Waals surface area contributed by atoms with Crippen LogP contribution in [0.1, 0.15) is 194 Å². The lowest BCUT2D eigenvalue weighted by Gasteiger charge is -2.34. The van der Waals surface area contributed by atoms with E-state index in [-0.39, 0.29) is 87.0 Å². The van der Waals surface area contributed by atoms with E-state index in [1.165, 1.54) is 37.4 Å². The number of fused-ring (bicyclic) bond motifs is 3. The molecule has 6 aliphatic rings. The summed E-state index contributed by atoms with van der Waals surface area (Å²) in [7, 11) is 0. The van der Waals surface area contributed by atoms with Crippen molar-refractivity contribution >= 4 is 100 Å². The van der Waals surface area contributed by atoms with Crippen molar-refractivity contribution in [1.82, 2.24) is 79.8 Å². The number of aliphatic carboxylic acids is 1. The van der Waals surface area contributed by atoms with E-state index in [1.807, 2.05) is 24.3 Å². The number of amides is 12. The maximum atomic E-state index is 15.2. The molecule has 34 nitrogen and oxygen atoms in total. The zero-order valence-corrected chi connectivity index (χ0v) is 68.0. The van der Waals surface area contributed by atoms with E-state index in [1.54, 1.807) is 34.6 Å². The van der Waals surface area contributed by atoms with Gasteiger partial charge >= 0.3 is 5.97 Å². The number of nitrogens with one attached hydrogen (secondary N) is 15. The van der Waals surface area contributed by atoms with E-state index in [0.29, 0.717) is 94.8 Å². The monoisotopic (exact) mass is 1630 g/mol. The summed E-state index contributed by atoms with van der Waals surface area (Å²) >= 11 is 2.74. The number of thioether (sulfide) groups is 2. The molecule has 17 atom stereocenters. The van der Waals surface area contributed by atoms with Gasteiger partial charge in [0.05, 0.1) is 30.6 Å². The van der Waals surface area contributed by atoms with Crippen LogP contribution in [0.5, 0.6) is 0 Å². The fourth-order valence-corrected chi connectivity index (χ4v) is 17.6. The van der Waals surface area contributed by atoms with Crippen LogP contribution in [0.3, 0.4) is 0 Å². The lowest BCUT2D eigenvalue weighted by atomic mass is 9.82. The predicted octanol–water partition coefficient (Wildman–Crippen LogP) is -1.63. The van der Waals surface area contributed by atoms with Crippen LogP contribution >= 0.6 is 23.5 Å². The lowest BCUT2D eigenvalue weighted by Crippen LogP contribution is -2.63. The first-order valence-corrected chi connectivity index (χ1v) is 42.7. The fraction of sp³-hybridized carbons (Fsp3) is 0.753. The Morgan fingerprint density at radius 1 is 0.531 bits per heavy atom. The van der Waals surface area contributed by atoms with Crippen LogP contribution in [0.25, 0.3) is 0 Å². The number of carbonyl (C=O) groups is 13. The Kier molecular flexibility index (Phi) is 37.7. The Hall–Kier alpha value is -7.29. The number of primary amides is 1. The standard InChI is InChI=1S/C77H126N16O18S2/c1-8-12-52-67(102)85-54(25-26-61(99)100)68(103)86-55(31-43-17-21-49(96)22-18-43)70(105)84-53(13-9-2)69(104)92-63(42(4)95)75(110)90-59(65(78)101)39-113-38-46-15-10-14-45(30-46)37-112-29-27-60(98)91-64(77(5,6)7)76(111)89-56(32-44-19-23-50(97)24-20-44)71(106)87-58(34-48-36-79-40-82-48)73(108)93-62(41(3)94)74(109)88-57(72(107)83-52)33-47-35-81-66-51(47)16-11-28-80-66/h10,14-15,30,41-44,47-59,62-64,66,79-82,94-97H,8-9,11-13,16-29,31-40H2,1-7H3,(H2,78,101)(H,83,107)(H,84,105)(H,85,102)(H,86,103)(H,87,106)(H,88,109)(H,89,111)(H,90,110)(H,91,98)(H,92,104)(H,93,108)(H,99,100)/t41-,42-,43?,44?,47?,48?,49?,50?,51?,52+,53+,54+,55+,56+,57+,58+,59-,62+,63+,64-,66?/m1/s1. The Labute approximate surface area is 670 Å². The van der Waals surface area contributed by atoms with Gasteiger partial charge in [-0.2, -0.15) is 23.5 Å². The van der Waals surface area contributed by atoms with Crippen molar-refractivity contribution in [3.05, 3.63) is 35.4 Å². The summed E-state index contributed by atoms with van der Waals surface area (Å²) in [6, 6.07) is -8.90. The number of aliphatic hydroxyl groups is 4. The van der Waals surface area contributed by atoms with Crippen LogP contribution < -0.4 is 85.5 Å². The fourth-order valence-electron chi connectivity index (χ4n) is 15.6. The SMILES string of the molecule is CCC[C@@H]1NC(=O)[C@H](CC2CNC3NCCCC23)NC(=O)[C@H]([C@@H](C)O)NC(=O)[C@H](CC2CNCN2)NC(=O)[C@H](CC2CCC(O)CC2)NC(=O)[C@H](C(C)(C)C)NC(=O)CCSCc2cccc(c2)CSC[C@H](C(N)=O)NC(=O)[C@H]([C@@H](C)O)NC(=O)[C@H](CCC)NC(=O)[C@H](CC2CCC(O)CC2)NC(=O)[C@H](CCC(=O)O)NC1=O. The first kappa shape index (κ1) is 92.9. The number of carboxylic acid groups (broad SMARTS) is 1. The van der Waals surface area contributed by atoms with E-state index in [4.69, 9.17) is 5.73 Å². The minimum Gasteiger partial charge on any atom is -0.481 e. The minimum absolute atomic E-state index is 0.00734. The summed E-state index contributed by atoms with van der Waals surface area (Å²) in [6.45, 7) is 13.1. The molecule has 3 saturated heterocycles. The summed E-state index contributed by atoms with van der Waals surface area (Å²) in [5.41, 5.74) is 6.68. The van der Waals surface area contributed by atoms with Crippen LogP contribution in [0.15, 0.2) is 24.3 Å². The van der Waals surface area contributed by atoms with Crippen LogP contribution in [0.4, 0.5) is 0 Å². The first-order valence-electron chi connectivity index (χ1n) is 40.4. The van der Waals surface area contributed by atoms with E-state index < -0.39 is 192 Å². The summed E-state index contributed by atoms with van der Waals surface area (Å²) in [5, 5.41) is 96.7. The van der Waals surface area contributed by atoms with Crippen molar-refractivity contribution in [3.8, 4) is 0 Å². The third-order valence-corrected chi connectivity index (χ3v) is 24.3. The zero-order valence-electron chi connectivity index (χ0n) is 66.4. The maximum Gasteiger partial charge on any atom is 0.303 e. The Bertz CT molecular complexity index is 3370. The Morgan fingerprint density at radius 2 is 0.991 bits per heavy atom. The average molecular weight is 1630 g/mol. The molecule has 0 radical (unpaired) electrons. The molecule has 0 spiro atoms. The second kappa shape index (κ2) is 45.9. The minimum atomic E-state index is -1.78. The number of carboxylic acids is 1. The molecule has 4 unspecified atom stereocenters. The van der Waals surface area contributed by atoms with Gasteiger partial charge in [0, 0.05) is 55.1 Å². The molecular formula is C77H126N16O18S2. The number of nitrogens with two attached hydrogens (primary N) is 1. The van der Waals surface area contributed by atoms with Crippen molar-refractivity contribution in [2.75, 3.05) is 37.8 Å². The van der Waals surface area contributed by atoms with Crippen LogP contribution in [-0.2, 0) is 73.8 Å². The molecule has 7 rings (SSSR count). The Balaban J connectivity index is 1.23. The number of aliphatic hydroxyl groups excluding tert-OH is 4. The van der Waals surface area contributed by atoms with E-state index >= 15 is 14.4 Å². The van der Waals surface area contributed by atoms with Crippen molar-refractivity contribution in [2.45, 2.75) is 298 Å². The molecule has 12 amide bonds. The second-order valence-electron chi connectivity index (χ2n) is 32.6. The number of rotatable bonds is 18. The smallest absolute Gasteiger partial charge is 0.303 e. The molecule has 0 aromatic heterocycles. The number of carbonyl (C=O) groups excluding carboxylic acids is 12. The zero-order chi connectivity index (χ0) is 82.6. The van der Waals surface area contributed by atoms with Crippen molar-refractivity contribution in [1.29, 1.82) is 0 Å². The molecule has 1 aromatic rings. The topological polar surface area (TPSA) is 530 Å². The van der Waals surface area contributed by atoms with Crippen LogP contribution in [0.2, 0.25) is 0 Å². The molecule has 634 valence electrons. The highest BCUT2D eigenvalue weighted by Crippen LogP contribution is 2.34. The summed E-state index contributed by atoms with van der Waals surface area (Å²) in [5.74, 6) is -11.2. The molecule has 5 fully saturated rings. The molecule has 4 heterocycles. The molecular weight excluding hydrogens is 1500 g/mol. The average Bonchev–Trinajstić information content (AvgIpc) is 1.75. The molecule has 4 aliphatic heterocycles. The molecule has 2 saturated carbocycles. The second-order valence-corrected chi connectivity index (χ2v) is 34.7. The van der Waals surface area contributed by atoms with Crippen molar-refractivity contribution < 1.29 is 87.9 Å². The molecule has 22 N–H and O–H groups in total. The van der Waals surface area contributed by atoms with E-state index in [2.05, 4.69) is 79.8 Å². The van der Waals surface area contributed by atoms with Crippen LogP contribution in [-0.4, -0.2) is 243 Å². The highest BCUT2D eigenvalue weighted by Gasteiger charge is 2.44. The highest BCUT2D eigenvalue weighted by atomic mass is 32.2. The van der Waals surface area contributed by atoms with Gasteiger partial charge in [-0.05, 0) is 176 Å². The van der Waals surface area contributed by atoms with Gasteiger partial charge in [-0.1, -0.05) is 71.7 Å². The third kappa shape index (κ3) is 30.1. The third-order valence-electron chi connectivity index (χ3n) is 22.2. The molecule has 36 heteroatoms. The lowest BCUT2D eigenvalue weighted by molar-refractivity contribution is -0.139. The number of benzene rings is 1. The Morgan fingerprint density at radius 3 is 1.49 bits per heavy atom. The largest absolute Gasteiger partial charge is 0.481 e. The van der Waals surface area contributed by atoms with Crippen molar-refractivity contribution in [2.24, 2.45) is 34.8 Å². The van der Waals surface area contributed by atoms with E-state index in [0.717, 1.165) is 30.5 Å². The first-order chi connectivity index (χ1) is 53.7. The highest BCUT2D eigenvalue weighted by molar-refractivity contribution is 7.98. The summed E-state index contributed by atoms with van der Waals surface area (Å²) in [6.07, 6.45) is -0.107. The summed E-state index contributed by atoms with van der Waals surface area (Å²) < 4.78 is 0. The quantitative estimate of drug-likeness (QED) is 0.0785. The molecule has 113 heavy (non-hydrogen) atoms. The summed E-state index contributed by atoms with van der Waals surface area (Å²) in [4.78, 5) is 187. The van der Waals surface area contributed by atoms with Crippen LogP contribution in [0, 0.1) is 29.1 Å². The van der Waals surface area contributed by atoms with Crippen molar-refractivity contribution in [3.63, 3.8) is 0 Å². The van der Waals surface area contributed by atoms with Gasteiger partial charge in [0.25, 0.3) is 0 Å². The van der Waals surface area contributed by atoms with Gasteiger partial charge in [0.1, 0.15) is 66.5 Å². The van der Waals surface area contributed by atoms with Gasteiger partial charge in [0.15, 0.2) is 0 Å². The van der Waals surface area contributed by atoms with E-state index in [9.17, 15) is 73.5 Å². The van der Waals surface area contributed by atoms with Gasteiger partial charge in [-0.3, -0.25) is 62.3 Å². The molecule has 1 aromatic carbocycles. The maximum absolute atomic E-state index is 15.2. The molecule has 2 aliphatic carbocycles. The van der Waals surface area contributed by atoms with Gasteiger partial charge in [0.2, 0.25) is 70.9 Å². The number of hydrogen-bond donors (Lipinski definition) is 21. The predicted molar refractivity (Wildman–Crippen MR) is 424 cm³/mol.